The van der Waals surface area contributed by atoms with Crippen LogP contribution in [0.15, 0.2) is 18.2 Å². The summed E-state index contributed by atoms with van der Waals surface area (Å²) in [5, 5.41) is 17.9. The lowest BCUT2D eigenvalue weighted by Gasteiger charge is -2.21. The van der Waals surface area contributed by atoms with E-state index in [4.69, 9.17) is 22.0 Å². The standard InChI is InChI=1S/C12H13ClN2O2/c1-8(12(16)17)7-15(2)10-4-3-9(6-14)11(13)5-10/h3-5,8H,7H2,1-2H3,(H,16,17)/t8-/m0/s1. The average molecular weight is 253 g/mol. The van der Waals surface area contributed by atoms with Crippen LogP contribution in [0.4, 0.5) is 5.69 Å². The molecule has 90 valence electrons. The van der Waals surface area contributed by atoms with Crippen LogP contribution < -0.4 is 4.90 Å². The molecule has 1 aromatic rings. The van der Waals surface area contributed by atoms with Crippen LogP contribution in [-0.4, -0.2) is 24.7 Å². The van der Waals surface area contributed by atoms with E-state index in [0.29, 0.717) is 17.1 Å². The summed E-state index contributed by atoms with van der Waals surface area (Å²) in [6.45, 7) is 2.03. The van der Waals surface area contributed by atoms with E-state index < -0.39 is 11.9 Å². The smallest absolute Gasteiger partial charge is 0.308 e. The van der Waals surface area contributed by atoms with Gasteiger partial charge in [-0.2, -0.15) is 5.26 Å². The van der Waals surface area contributed by atoms with Crippen molar-refractivity contribution in [2.45, 2.75) is 6.92 Å². The van der Waals surface area contributed by atoms with Crippen molar-refractivity contribution in [1.82, 2.24) is 0 Å². The first-order chi connectivity index (χ1) is 7.95. The highest BCUT2D eigenvalue weighted by atomic mass is 35.5. The summed E-state index contributed by atoms with van der Waals surface area (Å²) in [4.78, 5) is 12.5. The fraction of sp³-hybridized carbons (Fsp3) is 0.333. The van der Waals surface area contributed by atoms with E-state index in [2.05, 4.69) is 0 Å². The minimum absolute atomic E-state index is 0.375. The molecule has 0 heterocycles. The first kappa shape index (κ1) is 13.3. The van der Waals surface area contributed by atoms with Gasteiger partial charge in [-0.3, -0.25) is 4.79 Å². The third-order valence-electron chi connectivity index (χ3n) is 2.48. The van der Waals surface area contributed by atoms with Gasteiger partial charge in [0.05, 0.1) is 16.5 Å². The number of carboxylic acid groups (broad SMARTS) is 1. The number of anilines is 1. The van der Waals surface area contributed by atoms with Gasteiger partial charge in [-0.25, -0.2) is 0 Å². The van der Waals surface area contributed by atoms with Crippen molar-refractivity contribution in [3.05, 3.63) is 28.8 Å². The van der Waals surface area contributed by atoms with E-state index >= 15 is 0 Å². The molecular weight excluding hydrogens is 240 g/mol. The van der Waals surface area contributed by atoms with Gasteiger partial charge in [0.2, 0.25) is 0 Å². The van der Waals surface area contributed by atoms with Crippen LogP contribution in [-0.2, 0) is 4.79 Å². The summed E-state index contributed by atoms with van der Waals surface area (Å²) in [6.07, 6.45) is 0. The highest BCUT2D eigenvalue weighted by Crippen LogP contribution is 2.23. The fourth-order valence-electron chi connectivity index (χ4n) is 1.43. The van der Waals surface area contributed by atoms with E-state index in [9.17, 15) is 4.79 Å². The van der Waals surface area contributed by atoms with Crippen LogP contribution in [0.25, 0.3) is 0 Å². The molecule has 0 unspecified atom stereocenters. The van der Waals surface area contributed by atoms with Crippen LogP contribution >= 0.6 is 11.6 Å². The van der Waals surface area contributed by atoms with Gasteiger partial charge in [0.25, 0.3) is 0 Å². The van der Waals surface area contributed by atoms with Crippen LogP contribution in [0.3, 0.4) is 0 Å². The molecule has 0 fully saturated rings. The number of carbonyl (C=O) groups is 1. The van der Waals surface area contributed by atoms with Gasteiger partial charge in [-0.15, -0.1) is 0 Å². The van der Waals surface area contributed by atoms with Gasteiger partial charge < -0.3 is 10.0 Å². The van der Waals surface area contributed by atoms with Crippen molar-refractivity contribution in [2.75, 3.05) is 18.5 Å². The Labute approximate surface area is 105 Å². The third kappa shape index (κ3) is 3.36. The molecule has 1 rings (SSSR count). The Hall–Kier alpha value is -1.73. The topological polar surface area (TPSA) is 64.3 Å². The number of carboxylic acids is 1. The summed E-state index contributed by atoms with van der Waals surface area (Å²) >= 11 is 5.91. The zero-order valence-electron chi connectivity index (χ0n) is 9.64. The molecule has 0 bridgehead atoms. The molecule has 0 saturated carbocycles. The predicted molar refractivity (Wildman–Crippen MR) is 66.2 cm³/mol. The Morgan fingerprint density at radius 1 is 1.65 bits per heavy atom. The van der Waals surface area contributed by atoms with E-state index in [1.54, 1.807) is 37.1 Å². The number of benzene rings is 1. The Bertz CT molecular complexity index is 468. The lowest BCUT2D eigenvalue weighted by atomic mass is 10.1. The average Bonchev–Trinajstić information content (AvgIpc) is 2.28. The summed E-state index contributed by atoms with van der Waals surface area (Å²) in [5.41, 5.74) is 1.21. The molecule has 5 heteroatoms. The first-order valence-corrected chi connectivity index (χ1v) is 5.47. The fourth-order valence-corrected chi connectivity index (χ4v) is 1.64. The summed E-state index contributed by atoms with van der Waals surface area (Å²) in [5.74, 6) is -1.30. The van der Waals surface area contributed by atoms with Crippen molar-refractivity contribution in [3.8, 4) is 6.07 Å². The summed E-state index contributed by atoms with van der Waals surface area (Å²) in [6, 6.07) is 7.01. The van der Waals surface area contributed by atoms with Crippen molar-refractivity contribution in [1.29, 1.82) is 5.26 Å². The summed E-state index contributed by atoms with van der Waals surface area (Å²) in [7, 11) is 1.79. The molecule has 1 aromatic carbocycles. The molecule has 0 spiro atoms. The van der Waals surface area contributed by atoms with Gasteiger partial charge >= 0.3 is 5.97 Å². The van der Waals surface area contributed by atoms with E-state index in [1.165, 1.54) is 0 Å². The number of nitriles is 1. The lowest BCUT2D eigenvalue weighted by Crippen LogP contribution is -2.28. The Morgan fingerprint density at radius 2 is 2.29 bits per heavy atom. The van der Waals surface area contributed by atoms with Crippen molar-refractivity contribution >= 4 is 23.3 Å². The number of halogens is 1. The van der Waals surface area contributed by atoms with E-state index in [-0.39, 0.29) is 0 Å². The minimum Gasteiger partial charge on any atom is -0.481 e. The highest BCUT2D eigenvalue weighted by Gasteiger charge is 2.14. The zero-order chi connectivity index (χ0) is 13.0. The van der Waals surface area contributed by atoms with Crippen LogP contribution in [0.5, 0.6) is 0 Å². The Balaban J connectivity index is 2.83. The van der Waals surface area contributed by atoms with Gasteiger partial charge in [-0.05, 0) is 18.2 Å². The predicted octanol–water partition coefficient (Wildman–Crippen LogP) is 2.37. The molecule has 1 N–H and O–H groups in total. The monoisotopic (exact) mass is 252 g/mol. The van der Waals surface area contributed by atoms with E-state index in [0.717, 1.165) is 5.69 Å². The number of hydrogen-bond donors (Lipinski definition) is 1. The largest absolute Gasteiger partial charge is 0.481 e. The molecule has 0 aliphatic rings. The van der Waals surface area contributed by atoms with Gasteiger partial charge in [0.1, 0.15) is 6.07 Å². The maximum absolute atomic E-state index is 10.7. The van der Waals surface area contributed by atoms with Crippen molar-refractivity contribution in [3.63, 3.8) is 0 Å². The Kier molecular flexibility index (Phi) is 4.36. The van der Waals surface area contributed by atoms with Crippen LogP contribution in [0.1, 0.15) is 12.5 Å². The minimum atomic E-state index is -0.836. The van der Waals surface area contributed by atoms with Crippen molar-refractivity contribution < 1.29 is 9.90 Å². The molecular formula is C12H13ClN2O2. The van der Waals surface area contributed by atoms with Gasteiger partial charge in [0.15, 0.2) is 0 Å². The van der Waals surface area contributed by atoms with E-state index in [1.807, 2.05) is 6.07 Å². The molecule has 0 aromatic heterocycles. The second-order valence-corrected chi connectivity index (χ2v) is 4.30. The van der Waals surface area contributed by atoms with Crippen LogP contribution in [0, 0.1) is 17.2 Å². The molecule has 0 amide bonds. The SMILES string of the molecule is C[C@@H](CN(C)c1ccc(C#N)c(Cl)c1)C(=O)O. The second-order valence-electron chi connectivity index (χ2n) is 3.90. The third-order valence-corrected chi connectivity index (χ3v) is 2.80. The van der Waals surface area contributed by atoms with Crippen LogP contribution in [0.2, 0.25) is 5.02 Å². The quantitative estimate of drug-likeness (QED) is 0.894. The number of hydrogen-bond acceptors (Lipinski definition) is 3. The highest BCUT2D eigenvalue weighted by molar-refractivity contribution is 6.32. The zero-order valence-corrected chi connectivity index (χ0v) is 10.4. The lowest BCUT2D eigenvalue weighted by molar-refractivity contribution is -0.140. The Morgan fingerprint density at radius 3 is 2.76 bits per heavy atom. The normalized spacial score (nSPS) is 11.6. The van der Waals surface area contributed by atoms with Gasteiger partial charge in [-0.1, -0.05) is 18.5 Å². The van der Waals surface area contributed by atoms with Crippen molar-refractivity contribution in [2.24, 2.45) is 5.92 Å². The summed E-state index contributed by atoms with van der Waals surface area (Å²) < 4.78 is 0. The second kappa shape index (κ2) is 5.55. The molecule has 0 aliphatic carbocycles. The number of aliphatic carboxylic acids is 1. The first-order valence-electron chi connectivity index (χ1n) is 5.09. The maximum atomic E-state index is 10.7. The number of rotatable bonds is 4. The molecule has 1 atom stereocenters. The molecule has 0 radical (unpaired) electrons. The van der Waals surface area contributed by atoms with Gasteiger partial charge in [0, 0.05) is 19.3 Å². The molecule has 4 nitrogen and oxygen atoms in total. The molecule has 0 aliphatic heterocycles. The molecule has 0 saturated heterocycles. The molecule has 17 heavy (non-hydrogen) atoms. The number of nitrogens with zero attached hydrogens (tertiary/aromatic N) is 2. The maximum Gasteiger partial charge on any atom is 0.308 e.